The van der Waals surface area contributed by atoms with Crippen molar-refractivity contribution in [3.05, 3.63) is 0 Å². The van der Waals surface area contributed by atoms with Gasteiger partial charge in [0.05, 0.1) is 6.54 Å². The molecule has 6 heteroatoms. The minimum Gasteiger partial charge on any atom is -0.456 e. The monoisotopic (exact) mass is 268 g/mol. The molecule has 0 aliphatic heterocycles. The average Bonchev–Trinajstić information content (AvgIpc) is 2.37. The normalized spacial score (nSPS) is 9.26. The van der Waals surface area contributed by atoms with Crippen LogP contribution in [0.15, 0.2) is 0 Å². The molecule has 0 unspecified atom stereocenters. The average molecular weight is 268 g/mol. The van der Waals surface area contributed by atoms with Crippen LogP contribution in [0, 0.1) is 12.3 Å². The summed E-state index contributed by atoms with van der Waals surface area (Å²) in [6.45, 7) is 1.90. The molecule has 0 aromatic rings. The van der Waals surface area contributed by atoms with Crippen LogP contribution >= 0.6 is 0 Å². The first-order valence-corrected chi connectivity index (χ1v) is 6.16. The molecule has 0 rings (SSSR count). The third-order valence-electron chi connectivity index (χ3n) is 2.18. The SMILES string of the molecule is C#CCNC(=O)COC(=O)CCCCCNC(C)=O. The van der Waals surface area contributed by atoms with Crippen LogP contribution in [0.1, 0.15) is 32.6 Å². The fourth-order valence-corrected chi connectivity index (χ4v) is 1.25. The lowest BCUT2D eigenvalue weighted by atomic mass is 10.2. The van der Waals surface area contributed by atoms with E-state index in [1.165, 1.54) is 6.92 Å². The Bertz CT molecular complexity index is 347. The van der Waals surface area contributed by atoms with Crippen LogP contribution < -0.4 is 10.6 Å². The maximum Gasteiger partial charge on any atom is 0.306 e. The number of carbonyl (C=O) groups is 3. The van der Waals surface area contributed by atoms with Gasteiger partial charge in [-0.2, -0.15) is 0 Å². The second-order valence-corrected chi connectivity index (χ2v) is 3.94. The highest BCUT2D eigenvalue weighted by Crippen LogP contribution is 2.00. The first kappa shape index (κ1) is 17.0. The zero-order chi connectivity index (χ0) is 14.5. The highest BCUT2D eigenvalue weighted by Gasteiger charge is 2.06. The van der Waals surface area contributed by atoms with E-state index >= 15 is 0 Å². The van der Waals surface area contributed by atoms with Gasteiger partial charge in [0.2, 0.25) is 5.91 Å². The van der Waals surface area contributed by atoms with Gasteiger partial charge in [0.1, 0.15) is 0 Å². The predicted octanol–water partition coefficient (Wildman–Crippen LogP) is -0.0245. The van der Waals surface area contributed by atoms with Crippen molar-refractivity contribution in [1.82, 2.24) is 10.6 Å². The van der Waals surface area contributed by atoms with Gasteiger partial charge in [-0.05, 0) is 12.8 Å². The van der Waals surface area contributed by atoms with Gasteiger partial charge in [-0.1, -0.05) is 12.3 Å². The molecular formula is C13H20N2O4. The van der Waals surface area contributed by atoms with E-state index in [2.05, 4.69) is 16.6 Å². The summed E-state index contributed by atoms with van der Waals surface area (Å²) in [5.74, 6) is 1.38. The molecule has 0 heterocycles. The largest absolute Gasteiger partial charge is 0.456 e. The van der Waals surface area contributed by atoms with Crippen molar-refractivity contribution in [2.45, 2.75) is 32.6 Å². The molecule has 0 bridgehead atoms. The number of amides is 2. The van der Waals surface area contributed by atoms with Crippen molar-refractivity contribution in [2.75, 3.05) is 19.7 Å². The fraction of sp³-hybridized carbons (Fsp3) is 0.615. The van der Waals surface area contributed by atoms with Crippen molar-refractivity contribution in [3.8, 4) is 12.3 Å². The molecule has 2 N–H and O–H groups in total. The maximum atomic E-state index is 11.2. The second kappa shape index (κ2) is 11.1. The number of hydrogen-bond acceptors (Lipinski definition) is 4. The Labute approximate surface area is 113 Å². The standard InChI is InChI=1S/C13H20N2O4/c1-3-8-15-12(17)10-19-13(18)7-5-4-6-9-14-11(2)16/h1H,4-10H2,2H3,(H,14,16)(H,15,17). The molecule has 19 heavy (non-hydrogen) atoms. The molecule has 0 aliphatic rings. The first-order chi connectivity index (χ1) is 9.06. The summed E-state index contributed by atoms with van der Waals surface area (Å²) in [5, 5.41) is 5.06. The van der Waals surface area contributed by atoms with Gasteiger partial charge in [-0.15, -0.1) is 6.42 Å². The number of carbonyl (C=O) groups excluding carboxylic acids is 3. The predicted molar refractivity (Wildman–Crippen MR) is 70.0 cm³/mol. The number of esters is 1. The van der Waals surface area contributed by atoms with E-state index in [9.17, 15) is 14.4 Å². The first-order valence-electron chi connectivity index (χ1n) is 6.16. The summed E-state index contributed by atoms with van der Waals surface area (Å²) in [6.07, 6.45) is 7.53. The number of ether oxygens (including phenoxy) is 1. The summed E-state index contributed by atoms with van der Waals surface area (Å²) in [5.41, 5.74) is 0. The molecule has 0 spiro atoms. The molecule has 0 saturated heterocycles. The van der Waals surface area contributed by atoms with Gasteiger partial charge in [0.25, 0.3) is 5.91 Å². The minimum atomic E-state index is -0.407. The molecule has 106 valence electrons. The Morgan fingerprint density at radius 1 is 1.16 bits per heavy atom. The van der Waals surface area contributed by atoms with Gasteiger partial charge in [-0.3, -0.25) is 14.4 Å². The van der Waals surface area contributed by atoms with E-state index in [1.807, 2.05) is 0 Å². The van der Waals surface area contributed by atoms with Gasteiger partial charge in [-0.25, -0.2) is 0 Å². The van der Waals surface area contributed by atoms with Crippen LogP contribution in [0.4, 0.5) is 0 Å². The van der Waals surface area contributed by atoms with Crippen molar-refractivity contribution in [1.29, 1.82) is 0 Å². The molecule has 0 radical (unpaired) electrons. The molecule has 2 amide bonds. The summed E-state index contributed by atoms with van der Waals surface area (Å²) < 4.78 is 4.76. The van der Waals surface area contributed by atoms with Crippen LogP contribution in [0.2, 0.25) is 0 Å². The van der Waals surface area contributed by atoms with E-state index in [1.54, 1.807) is 0 Å². The van der Waals surface area contributed by atoms with Crippen LogP contribution in [-0.4, -0.2) is 37.5 Å². The fourth-order valence-electron chi connectivity index (χ4n) is 1.25. The van der Waals surface area contributed by atoms with Crippen LogP contribution in [-0.2, 0) is 19.1 Å². The van der Waals surface area contributed by atoms with E-state index in [0.29, 0.717) is 13.0 Å². The van der Waals surface area contributed by atoms with E-state index in [0.717, 1.165) is 12.8 Å². The summed E-state index contributed by atoms with van der Waals surface area (Å²) in [7, 11) is 0. The van der Waals surface area contributed by atoms with Gasteiger partial charge < -0.3 is 15.4 Å². The topological polar surface area (TPSA) is 84.5 Å². The number of nitrogens with one attached hydrogen (secondary N) is 2. The van der Waals surface area contributed by atoms with E-state index < -0.39 is 11.9 Å². The molecule has 0 saturated carbocycles. The molecule has 0 aliphatic carbocycles. The number of unbranched alkanes of at least 4 members (excludes halogenated alkanes) is 2. The zero-order valence-electron chi connectivity index (χ0n) is 11.2. The summed E-state index contributed by atoms with van der Waals surface area (Å²) >= 11 is 0. The molecular weight excluding hydrogens is 248 g/mol. The van der Waals surface area contributed by atoms with Crippen LogP contribution in [0.5, 0.6) is 0 Å². The maximum absolute atomic E-state index is 11.2. The van der Waals surface area contributed by atoms with Crippen molar-refractivity contribution in [3.63, 3.8) is 0 Å². The molecule has 0 fully saturated rings. The minimum absolute atomic E-state index is 0.0580. The lowest BCUT2D eigenvalue weighted by Crippen LogP contribution is -2.28. The number of rotatable bonds is 9. The third-order valence-corrected chi connectivity index (χ3v) is 2.18. The van der Waals surface area contributed by atoms with Gasteiger partial charge in [0.15, 0.2) is 6.61 Å². The second-order valence-electron chi connectivity index (χ2n) is 3.94. The van der Waals surface area contributed by atoms with Crippen molar-refractivity contribution >= 4 is 17.8 Å². The van der Waals surface area contributed by atoms with Crippen LogP contribution in [0.3, 0.4) is 0 Å². The van der Waals surface area contributed by atoms with E-state index in [4.69, 9.17) is 11.2 Å². The summed E-state index contributed by atoms with van der Waals surface area (Å²) in [6, 6.07) is 0. The van der Waals surface area contributed by atoms with Crippen molar-refractivity contribution in [2.24, 2.45) is 0 Å². The Hall–Kier alpha value is -2.03. The Morgan fingerprint density at radius 3 is 2.53 bits per heavy atom. The quantitative estimate of drug-likeness (QED) is 0.349. The van der Waals surface area contributed by atoms with Gasteiger partial charge in [0, 0.05) is 19.9 Å². The highest BCUT2D eigenvalue weighted by molar-refractivity contribution is 5.80. The van der Waals surface area contributed by atoms with Gasteiger partial charge >= 0.3 is 5.97 Å². The molecule has 0 aromatic carbocycles. The smallest absolute Gasteiger partial charge is 0.306 e. The zero-order valence-corrected chi connectivity index (χ0v) is 11.2. The van der Waals surface area contributed by atoms with E-state index in [-0.39, 0.29) is 25.5 Å². The third kappa shape index (κ3) is 12.2. The van der Waals surface area contributed by atoms with Crippen molar-refractivity contribution < 1.29 is 19.1 Å². The Kier molecular flexibility index (Phi) is 9.90. The highest BCUT2D eigenvalue weighted by atomic mass is 16.5. The van der Waals surface area contributed by atoms with Crippen LogP contribution in [0.25, 0.3) is 0 Å². The lowest BCUT2D eigenvalue weighted by molar-refractivity contribution is -0.148. The molecule has 0 aromatic heterocycles. The lowest BCUT2D eigenvalue weighted by Gasteiger charge is -2.05. The Morgan fingerprint density at radius 2 is 1.89 bits per heavy atom. The Balaban J connectivity index is 3.42. The number of hydrogen-bond donors (Lipinski definition) is 2. The molecule has 0 atom stereocenters. The summed E-state index contributed by atoms with van der Waals surface area (Å²) in [4.78, 5) is 32.9. The number of terminal acetylenes is 1. The molecule has 6 nitrogen and oxygen atoms in total.